The van der Waals surface area contributed by atoms with Crippen LogP contribution in [0.3, 0.4) is 0 Å². The van der Waals surface area contributed by atoms with Crippen molar-refractivity contribution in [2.24, 2.45) is 0 Å². The average molecular weight is 275 g/mol. The molecule has 15 heavy (non-hydrogen) atoms. The number of nitrogens with zero attached hydrogens (tertiary/aromatic N) is 3. The molecule has 0 aliphatic rings. The van der Waals surface area contributed by atoms with E-state index in [9.17, 15) is 4.79 Å². The van der Waals surface area contributed by atoms with Crippen molar-refractivity contribution in [2.45, 2.75) is 6.92 Å². The Morgan fingerprint density at radius 3 is 2.80 bits per heavy atom. The van der Waals surface area contributed by atoms with Crippen LogP contribution in [0.1, 0.15) is 5.56 Å². The molecule has 73 valence electrons. The monoisotopic (exact) mass is 275 g/mol. The van der Waals surface area contributed by atoms with E-state index in [1.165, 1.54) is 10.8 Å². The summed E-state index contributed by atoms with van der Waals surface area (Å²) < 4.78 is 1.42. The standard InChI is InChI=1S/C10H8N3O.Y/c1-8-2-3-9(12-6-8)13-5-4-11-7-10(13)14;/h3-7H,1H3;/q-1;. The molecule has 0 aliphatic carbocycles. The molecule has 0 saturated carbocycles. The Kier molecular flexibility index (Phi) is 4.30. The van der Waals surface area contributed by atoms with Gasteiger partial charge >= 0.3 is 0 Å². The second kappa shape index (κ2) is 5.28. The first-order chi connectivity index (χ1) is 6.77. The summed E-state index contributed by atoms with van der Waals surface area (Å²) in [6.07, 6.45) is 6.04. The number of hydrogen-bond acceptors (Lipinski definition) is 3. The van der Waals surface area contributed by atoms with E-state index in [4.69, 9.17) is 0 Å². The average Bonchev–Trinajstić information content (AvgIpc) is 2.20. The van der Waals surface area contributed by atoms with Crippen LogP contribution >= 0.6 is 0 Å². The topological polar surface area (TPSA) is 47.8 Å². The molecular formula is C10H8N3OY-. The minimum atomic E-state index is -0.197. The zero-order valence-electron chi connectivity index (χ0n) is 8.21. The predicted octanol–water partition coefficient (Wildman–Crippen LogP) is 0.734. The molecule has 0 amide bonds. The van der Waals surface area contributed by atoms with Crippen LogP contribution in [-0.2, 0) is 32.7 Å². The van der Waals surface area contributed by atoms with E-state index >= 15 is 0 Å². The van der Waals surface area contributed by atoms with Crippen molar-refractivity contribution in [3.8, 4) is 5.82 Å². The van der Waals surface area contributed by atoms with Crippen molar-refractivity contribution in [3.63, 3.8) is 0 Å². The van der Waals surface area contributed by atoms with Crippen LogP contribution in [0.15, 0.2) is 35.6 Å². The Hall–Kier alpha value is -0.866. The second-order valence-electron chi connectivity index (χ2n) is 2.87. The van der Waals surface area contributed by atoms with Gasteiger partial charge in [0.1, 0.15) is 0 Å². The first-order valence-electron chi connectivity index (χ1n) is 4.15. The van der Waals surface area contributed by atoms with Crippen LogP contribution in [0.2, 0.25) is 0 Å². The van der Waals surface area contributed by atoms with Gasteiger partial charge in [0.2, 0.25) is 0 Å². The molecule has 5 heteroatoms. The van der Waals surface area contributed by atoms with E-state index in [1.54, 1.807) is 24.7 Å². The summed E-state index contributed by atoms with van der Waals surface area (Å²) in [6.45, 7) is 1.89. The van der Waals surface area contributed by atoms with Crippen LogP contribution in [0.5, 0.6) is 0 Å². The second-order valence-corrected chi connectivity index (χ2v) is 2.87. The summed E-state index contributed by atoms with van der Waals surface area (Å²) in [7, 11) is 0. The van der Waals surface area contributed by atoms with Gasteiger partial charge in [-0.05, 0) is 0 Å². The van der Waals surface area contributed by atoms with Gasteiger partial charge in [0, 0.05) is 50.9 Å². The third-order valence-electron chi connectivity index (χ3n) is 1.79. The Morgan fingerprint density at radius 2 is 2.20 bits per heavy atom. The van der Waals surface area contributed by atoms with Crippen LogP contribution in [0.25, 0.3) is 5.82 Å². The van der Waals surface area contributed by atoms with E-state index in [0.29, 0.717) is 5.82 Å². The van der Waals surface area contributed by atoms with E-state index < -0.39 is 0 Å². The molecule has 0 atom stereocenters. The fourth-order valence-electron chi connectivity index (χ4n) is 1.08. The Labute approximate surface area is 112 Å². The van der Waals surface area contributed by atoms with E-state index in [2.05, 4.69) is 16.0 Å². The largest absolute Gasteiger partial charge is 0.367 e. The molecule has 2 aromatic rings. The molecule has 0 unspecified atom stereocenters. The summed E-state index contributed by atoms with van der Waals surface area (Å²) in [5.41, 5.74) is 0.744. The summed E-state index contributed by atoms with van der Waals surface area (Å²) in [4.78, 5) is 19.2. The zero-order chi connectivity index (χ0) is 9.97. The van der Waals surface area contributed by atoms with Crippen LogP contribution in [0, 0.1) is 13.0 Å². The normalized spacial score (nSPS) is 9.40. The van der Waals surface area contributed by atoms with Gasteiger partial charge < -0.3 is 9.55 Å². The molecule has 1 radical (unpaired) electrons. The van der Waals surface area contributed by atoms with E-state index in [1.807, 2.05) is 6.92 Å². The Morgan fingerprint density at radius 1 is 1.40 bits per heavy atom. The van der Waals surface area contributed by atoms with Crippen molar-refractivity contribution in [2.75, 3.05) is 0 Å². The Balaban J connectivity index is 0.00000112. The van der Waals surface area contributed by atoms with Gasteiger partial charge in [0.25, 0.3) is 5.56 Å². The quantitative estimate of drug-likeness (QED) is 0.721. The predicted molar refractivity (Wildman–Crippen MR) is 51.2 cm³/mol. The molecular weight excluding hydrogens is 267 g/mol. The number of pyridine rings is 1. The molecule has 4 nitrogen and oxygen atoms in total. The summed E-state index contributed by atoms with van der Waals surface area (Å²) in [6, 6.07) is 4.66. The number of aromatic nitrogens is 3. The third-order valence-corrected chi connectivity index (χ3v) is 1.79. The summed E-state index contributed by atoms with van der Waals surface area (Å²) in [5.74, 6) is 0.558. The van der Waals surface area contributed by atoms with Crippen LogP contribution in [-0.4, -0.2) is 14.5 Å². The molecule has 2 aromatic heterocycles. The van der Waals surface area contributed by atoms with Crippen molar-refractivity contribution in [1.82, 2.24) is 14.5 Å². The van der Waals surface area contributed by atoms with Crippen LogP contribution < -0.4 is 5.56 Å². The number of rotatable bonds is 1. The minimum Gasteiger partial charge on any atom is -0.367 e. The number of aryl methyl sites for hydroxylation is 1. The molecule has 0 fully saturated rings. The molecule has 0 N–H and O–H groups in total. The van der Waals surface area contributed by atoms with Crippen LogP contribution in [0.4, 0.5) is 0 Å². The molecule has 2 heterocycles. The molecule has 0 bridgehead atoms. The van der Waals surface area contributed by atoms with Crippen molar-refractivity contribution >= 4 is 0 Å². The summed E-state index contributed by atoms with van der Waals surface area (Å²) >= 11 is 0. The van der Waals surface area contributed by atoms with Gasteiger partial charge in [0.05, 0.1) is 6.20 Å². The van der Waals surface area contributed by atoms with Crippen molar-refractivity contribution in [3.05, 3.63) is 52.8 Å². The molecule has 0 spiro atoms. The Bertz CT molecular complexity index is 493. The van der Waals surface area contributed by atoms with Gasteiger partial charge in [-0.25, -0.2) is 0 Å². The van der Waals surface area contributed by atoms with Gasteiger partial charge in [-0.15, -0.1) is 11.6 Å². The van der Waals surface area contributed by atoms with Gasteiger partial charge in [-0.1, -0.05) is 13.1 Å². The maximum Gasteiger partial charge on any atom is 0.263 e. The fourth-order valence-corrected chi connectivity index (χ4v) is 1.08. The molecule has 0 aliphatic heterocycles. The molecule has 0 saturated heterocycles. The van der Waals surface area contributed by atoms with Gasteiger partial charge in [-0.3, -0.25) is 9.78 Å². The van der Waals surface area contributed by atoms with Crippen molar-refractivity contribution < 1.29 is 32.7 Å². The maximum atomic E-state index is 11.4. The maximum absolute atomic E-state index is 11.4. The first-order valence-corrected chi connectivity index (χ1v) is 4.15. The minimum absolute atomic E-state index is 0. The SMILES string of the molecule is Cc1[c-]cc(-n2ccncc2=O)nc1.[Y]. The van der Waals surface area contributed by atoms with Gasteiger partial charge in [-0.2, -0.15) is 6.07 Å². The zero-order valence-corrected chi connectivity index (χ0v) is 11.1. The van der Waals surface area contributed by atoms with Gasteiger partial charge in [0.15, 0.2) is 0 Å². The number of hydrogen-bond donors (Lipinski definition) is 0. The fraction of sp³-hybridized carbons (Fsp3) is 0.100. The van der Waals surface area contributed by atoms with E-state index in [0.717, 1.165) is 5.56 Å². The first kappa shape index (κ1) is 12.2. The smallest absolute Gasteiger partial charge is 0.263 e. The van der Waals surface area contributed by atoms with E-state index in [-0.39, 0.29) is 38.3 Å². The molecule has 2 rings (SSSR count). The third kappa shape index (κ3) is 2.80. The van der Waals surface area contributed by atoms with Crippen molar-refractivity contribution in [1.29, 1.82) is 0 Å². The summed E-state index contributed by atoms with van der Waals surface area (Å²) in [5, 5.41) is 0. The molecule has 0 aromatic carbocycles.